The standard InChI is InChI=1S/C8H9NO/c1-2-7-4-3-5-8(6-7)9-10/h3-6H,2H2,1H3. The van der Waals surface area contributed by atoms with E-state index < -0.39 is 0 Å². The zero-order valence-electron chi connectivity index (χ0n) is 5.87. The number of nitrogens with zero attached hydrogens (tertiary/aromatic N) is 1. The molecule has 0 heterocycles. The summed E-state index contributed by atoms with van der Waals surface area (Å²) in [5.74, 6) is 0. The Morgan fingerprint density at radius 2 is 2.30 bits per heavy atom. The van der Waals surface area contributed by atoms with Gasteiger partial charge in [0.2, 0.25) is 0 Å². The van der Waals surface area contributed by atoms with Crippen molar-refractivity contribution in [2.24, 2.45) is 5.18 Å². The van der Waals surface area contributed by atoms with E-state index >= 15 is 0 Å². The molecule has 0 radical (unpaired) electrons. The highest BCUT2D eigenvalue weighted by Crippen LogP contribution is 2.13. The van der Waals surface area contributed by atoms with Gasteiger partial charge in [0.1, 0.15) is 5.69 Å². The van der Waals surface area contributed by atoms with Crippen LogP contribution in [0, 0.1) is 4.91 Å². The van der Waals surface area contributed by atoms with Crippen LogP contribution in [0.1, 0.15) is 12.5 Å². The van der Waals surface area contributed by atoms with E-state index in [1.807, 2.05) is 19.1 Å². The summed E-state index contributed by atoms with van der Waals surface area (Å²) in [6.07, 6.45) is 0.948. The van der Waals surface area contributed by atoms with Crippen LogP contribution in [0.3, 0.4) is 0 Å². The summed E-state index contributed by atoms with van der Waals surface area (Å²) in [7, 11) is 0. The van der Waals surface area contributed by atoms with Gasteiger partial charge in [0.25, 0.3) is 0 Å². The first-order valence-corrected chi connectivity index (χ1v) is 3.29. The molecule has 52 valence electrons. The number of aryl methyl sites for hydroxylation is 1. The molecule has 0 aliphatic rings. The van der Waals surface area contributed by atoms with Crippen LogP contribution in [0.4, 0.5) is 5.69 Å². The van der Waals surface area contributed by atoms with E-state index in [0.717, 1.165) is 12.0 Å². The van der Waals surface area contributed by atoms with Crippen molar-refractivity contribution < 1.29 is 0 Å². The largest absolute Gasteiger partial charge is 0.145 e. The summed E-state index contributed by atoms with van der Waals surface area (Å²) in [5, 5.41) is 2.83. The molecule has 1 aromatic carbocycles. The van der Waals surface area contributed by atoms with Crippen molar-refractivity contribution in [1.82, 2.24) is 0 Å². The first-order chi connectivity index (χ1) is 4.86. The maximum Gasteiger partial charge on any atom is 0.108 e. The van der Waals surface area contributed by atoms with Crippen LogP contribution in [-0.2, 0) is 6.42 Å². The van der Waals surface area contributed by atoms with Crippen molar-refractivity contribution in [2.75, 3.05) is 0 Å². The van der Waals surface area contributed by atoms with Gasteiger partial charge >= 0.3 is 0 Å². The Labute approximate surface area is 59.9 Å². The van der Waals surface area contributed by atoms with Crippen molar-refractivity contribution >= 4 is 5.69 Å². The molecule has 1 rings (SSSR count). The molecule has 2 nitrogen and oxygen atoms in total. The van der Waals surface area contributed by atoms with E-state index in [2.05, 4.69) is 5.18 Å². The maximum atomic E-state index is 10.0. The van der Waals surface area contributed by atoms with Crippen LogP contribution < -0.4 is 0 Å². The van der Waals surface area contributed by atoms with Crippen LogP contribution in [0.25, 0.3) is 0 Å². The molecule has 0 fully saturated rings. The number of rotatable bonds is 2. The first-order valence-electron chi connectivity index (χ1n) is 3.29. The van der Waals surface area contributed by atoms with Crippen LogP contribution >= 0.6 is 0 Å². The summed E-state index contributed by atoms with van der Waals surface area (Å²) in [5.41, 5.74) is 1.66. The fourth-order valence-corrected chi connectivity index (χ4v) is 0.833. The minimum absolute atomic E-state index is 0.513. The molecule has 0 aromatic heterocycles. The Kier molecular flexibility index (Phi) is 2.15. The average molecular weight is 135 g/mol. The molecule has 2 heteroatoms. The molecule has 0 atom stereocenters. The van der Waals surface area contributed by atoms with Crippen molar-refractivity contribution in [1.29, 1.82) is 0 Å². The molecule has 0 saturated carbocycles. The second-order valence-corrected chi connectivity index (χ2v) is 2.11. The summed E-state index contributed by atoms with van der Waals surface area (Å²) >= 11 is 0. The smallest absolute Gasteiger partial charge is 0.108 e. The van der Waals surface area contributed by atoms with E-state index in [0.29, 0.717) is 5.69 Å². The normalized spacial score (nSPS) is 9.30. The minimum Gasteiger partial charge on any atom is -0.145 e. The second-order valence-electron chi connectivity index (χ2n) is 2.11. The molecule has 0 N–H and O–H groups in total. The summed E-state index contributed by atoms with van der Waals surface area (Å²) < 4.78 is 0. The summed E-state index contributed by atoms with van der Waals surface area (Å²) in [4.78, 5) is 10.0. The van der Waals surface area contributed by atoms with Gasteiger partial charge in [-0.05, 0) is 29.3 Å². The van der Waals surface area contributed by atoms with E-state index in [1.165, 1.54) is 0 Å². The fraction of sp³-hybridized carbons (Fsp3) is 0.250. The third kappa shape index (κ3) is 1.41. The van der Waals surface area contributed by atoms with E-state index in [4.69, 9.17) is 0 Å². The van der Waals surface area contributed by atoms with Gasteiger partial charge < -0.3 is 0 Å². The lowest BCUT2D eigenvalue weighted by molar-refractivity contribution is 1.14. The lowest BCUT2D eigenvalue weighted by Crippen LogP contribution is -1.75. The van der Waals surface area contributed by atoms with Crippen molar-refractivity contribution in [2.45, 2.75) is 13.3 Å². The van der Waals surface area contributed by atoms with Crippen LogP contribution in [-0.4, -0.2) is 0 Å². The predicted molar refractivity (Wildman–Crippen MR) is 41.3 cm³/mol. The predicted octanol–water partition coefficient (Wildman–Crippen LogP) is 2.65. The number of hydrogen-bond acceptors (Lipinski definition) is 2. The van der Waals surface area contributed by atoms with Gasteiger partial charge in [0, 0.05) is 0 Å². The van der Waals surface area contributed by atoms with Crippen LogP contribution in [0.5, 0.6) is 0 Å². The molecule has 0 spiro atoms. The van der Waals surface area contributed by atoms with E-state index in [1.54, 1.807) is 12.1 Å². The third-order valence-electron chi connectivity index (χ3n) is 1.42. The monoisotopic (exact) mass is 135 g/mol. The molecular formula is C8H9NO. The van der Waals surface area contributed by atoms with E-state index in [9.17, 15) is 4.91 Å². The molecule has 0 aliphatic carbocycles. The SMILES string of the molecule is CCc1cccc(N=O)c1. The lowest BCUT2D eigenvalue weighted by atomic mass is 10.1. The van der Waals surface area contributed by atoms with Crippen molar-refractivity contribution in [3.8, 4) is 0 Å². The highest BCUT2D eigenvalue weighted by molar-refractivity contribution is 5.39. The van der Waals surface area contributed by atoms with Gasteiger partial charge in [0.15, 0.2) is 0 Å². The zero-order chi connectivity index (χ0) is 7.40. The highest BCUT2D eigenvalue weighted by atomic mass is 16.3. The summed E-state index contributed by atoms with van der Waals surface area (Å²) in [6, 6.07) is 7.32. The van der Waals surface area contributed by atoms with Gasteiger partial charge in [-0.1, -0.05) is 19.1 Å². The highest BCUT2D eigenvalue weighted by Gasteiger charge is 1.90. The molecule has 0 aliphatic heterocycles. The lowest BCUT2D eigenvalue weighted by Gasteiger charge is -1.93. The molecule has 1 aromatic rings. The quantitative estimate of drug-likeness (QED) is 0.573. The Morgan fingerprint density at radius 1 is 1.50 bits per heavy atom. The zero-order valence-corrected chi connectivity index (χ0v) is 5.87. The third-order valence-corrected chi connectivity index (χ3v) is 1.42. The Balaban J connectivity index is 2.98. The van der Waals surface area contributed by atoms with Gasteiger partial charge in [-0.25, -0.2) is 0 Å². The minimum atomic E-state index is 0.513. The van der Waals surface area contributed by atoms with Gasteiger partial charge in [-0.2, -0.15) is 0 Å². The molecule has 0 bridgehead atoms. The number of nitroso groups, excluding NO2 is 1. The number of hydrogen-bond donors (Lipinski definition) is 0. The van der Waals surface area contributed by atoms with Crippen molar-refractivity contribution in [3.05, 3.63) is 34.7 Å². The van der Waals surface area contributed by atoms with Gasteiger partial charge in [-0.15, -0.1) is 4.91 Å². The first kappa shape index (κ1) is 6.93. The number of benzene rings is 1. The van der Waals surface area contributed by atoms with Crippen LogP contribution in [0.2, 0.25) is 0 Å². The summed E-state index contributed by atoms with van der Waals surface area (Å²) in [6.45, 7) is 2.05. The van der Waals surface area contributed by atoms with Gasteiger partial charge in [0.05, 0.1) is 0 Å². The van der Waals surface area contributed by atoms with Gasteiger partial charge in [-0.3, -0.25) is 0 Å². The van der Waals surface area contributed by atoms with Crippen molar-refractivity contribution in [3.63, 3.8) is 0 Å². The van der Waals surface area contributed by atoms with E-state index in [-0.39, 0.29) is 0 Å². The molecule has 10 heavy (non-hydrogen) atoms. The molecular weight excluding hydrogens is 126 g/mol. The topological polar surface area (TPSA) is 29.4 Å². The fourth-order valence-electron chi connectivity index (χ4n) is 0.833. The Hall–Kier alpha value is -1.18. The molecule has 0 unspecified atom stereocenters. The molecule has 0 amide bonds. The van der Waals surface area contributed by atoms with Crippen LogP contribution in [0.15, 0.2) is 29.4 Å². The Bertz CT molecular complexity index is 232. The Morgan fingerprint density at radius 3 is 2.90 bits per heavy atom. The second kappa shape index (κ2) is 3.11. The average Bonchev–Trinajstić information content (AvgIpc) is 2.05. The molecule has 0 saturated heterocycles. The maximum absolute atomic E-state index is 10.0.